The Kier molecular flexibility index (Phi) is 3.86. The summed E-state index contributed by atoms with van der Waals surface area (Å²) in [5.74, 6) is -3.08. The van der Waals surface area contributed by atoms with Gasteiger partial charge in [0.15, 0.2) is 11.4 Å². The van der Waals surface area contributed by atoms with E-state index in [9.17, 15) is 30.0 Å². The lowest BCUT2D eigenvalue weighted by Gasteiger charge is -2.53. The number of hydrogen-bond acceptors (Lipinski definition) is 7. The molecule has 150 valence electrons. The fraction of sp³-hybridized carbons (Fsp3) is 0.524. The van der Waals surface area contributed by atoms with Crippen molar-refractivity contribution >= 4 is 17.8 Å². The molecule has 1 aromatic rings. The number of aliphatic hydroxyl groups excluding tert-OH is 1. The molecule has 4 rings (SSSR count). The van der Waals surface area contributed by atoms with Gasteiger partial charge < -0.3 is 25.2 Å². The maximum absolute atomic E-state index is 13.1. The van der Waals surface area contributed by atoms with E-state index in [1.54, 1.807) is 12.1 Å². The number of benzene rings is 1. The van der Waals surface area contributed by atoms with Crippen LogP contribution in [-0.2, 0) is 14.3 Å². The predicted molar refractivity (Wildman–Crippen MR) is 98.0 cm³/mol. The SMILES string of the molecule is CC(C)CC[C@@]1(O)[C@@]23OC(=O)[C@]1(O)[C@H](C)C(=O)C2=Cc1cccc(O)c1[C@H]3O. The molecule has 0 unspecified atom stereocenters. The van der Waals surface area contributed by atoms with Crippen molar-refractivity contribution in [3.05, 3.63) is 34.9 Å². The monoisotopic (exact) mass is 388 g/mol. The van der Waals surface area contributed by atoms with Gasteiger partial charge in [-0.15, -0.1) is 0 Å². The fourth-order valence-corrected chi connectivity index (χ4v) is 5.01. The number of hydrogen-bond donors (Lipinski definition) is 4. The van der Waals surface area contributed by atoms with Crippen LogP contribution < -0.4 is 0 Å². The summed E-state index contributed by atoms with van der Waals surface area (Å²) in [5, 5.41) is 44.6. The van der Waals surface area contributed by atoms with Gasteiger partial charge in [0, 0.05) is 11.1 Å². The summed E-state index contributed by atoms with van der Waals surface area (Å²) >= 11 is 0. The molecular formula is C21H24O7. The van der Waals surface area contributed by atoms with Crippen molar-refractivity contribution in [3.63, 3.8) is 0 Å². The van der Waals surface area contributed by atoms with Gasteiger partial charge in [-0.05, 0) is 36.5 Å². The van der Waals surface area contributed by atoms with E-state index in [0.29, 0.717) is 12.0 Å². The minimum Gasteiger partial charge on any atom is -0.508 e. The van der Waals surface area contributed by atoms with Crippen LogP contribution in [0.5, 0.6) is 5.75 Å². The first-order valence-electron chi connectivity index (χ1n) is 9.47. The molecule has 1 aliphatic heterocycles. The first-order chi connectivity index (χ1) is 13.0. The van der Waals surface area contributed by atoms with Crippen molar-refractivity contribution in [1.29, 1.82) is 0 Å². The number of esters is 1. The van der Waals surface area contributed by atoms with E-state index < -0.39 is 40.6 Å². The van der Waals surface area contributed by atoms with Gasteiger partial charge in [0.25, 0.3) is 0 Å². The predicted octanol–water partition coefficient (Wildman–Crippen LogP) is 1.24. The van der Waals surface area contributed by atoms with Gasteiger partial charge in [-0.3, -0.25) is 4.79 Å². The summed E-state index contributed by atoms with van der Waals surface area (Å²) in [4.78, 5) is 25.9. The number of aromatic hydroxyl groups is 1. The second kappa shape index (κ2) is 5.65. The standard InChI is InChI=1S/C21H24O7/c1-10(2)7-8-19(26)20(27)11(3)16(23)13-9-12-5-4-6-14(22)15(12)17(24)21(13,19)28-18(20)25/h4-6,9-11,17,22,24,26-27H,7-8H2,1-3H3/t11-,17-,19+,20-,21-/m1/s1. The fourth-order valence-electron chi connectivity index (χ4n) is 5.01. The molecule has 2 aliphatic carbocycles. The van der Waals surface area contributed by atoms with Crippen molar-refractivity contribution in [3.8, 4) is 5.75 Å². The van der Waals surface area contributed by atoms with Gasteiger partial charge in [0.2, 0.25) is 11.2 Å². The molecule has 28 heavy (non-hydrogen) atoms. The van der Waals surface area contributed by atoms with Crippen molar-refractivity contribution in [1.82, 2.24) is 0 Å². The Morgan fingerprint density at radius 2 is 1.89 bits per heavy atom. The van der Waals surface area contributed by atoms with Crippen LogP contribution in [-0.4, -0.2) is 49.0 Å². The Labute approximate surface area is 162 Å². The third-order valence-corrected chi connectivity index (χ3v) is 6.65. The van der Waals surface area contributed by atoms with Gasteiger partial charge in [-0.1, -0.05) is 32.9 Å². The smallest absolute Gasteiger partial charge is 0.343 e. The van der Waals surface area contributed by atoms with Crippen molar-refractivity contribution in [2.75, 3.05) is 0 Å². The van der Waals surface area contributed by atoms with Crippen LogP contribution in [0, 0.1) is 11.8 Å². The molecule has 7 heteroatoms. The molecule has 0 radical (unpaired) electrons. The summed E-state index contributed by atoms with van der Waals surface area (Å²) in [6.07, 6.45) is 0.0718. The molecular weight excluding hydrogens is 364 g/mol. The van der Waals surface area contributed by atoms with Gasteiger partial charge >= 0.3 is 5.97 Å². The molecule has 1 heterocycles. The lowest BCUT2D eigenvalue weighted by atomic mass is 9.53. The number of fused-ring (bicyclic) bond motifs is 2. The number of Topliss-reactive ketones (excluding diaryl/α,β-unsaturated/α-hetero) is 1. The number of carbonyl (C=O) groups excluding carboxylic acids is 2. The molecule has 5 atom stereocenters. The summed E-state index contributed by atoms with van der Waals surface area (Å²) in [7, 11) is 0. The largest absolute Gasteiger partial charge is 0.508 e. The number of aliphatic hydroxyl groups is 3. The molecule has 1 aromatic carbocycles. The average Bonchev–Trinajstić information content (AvgIpc) is 2.77. The van der Waals surface area contributed by atoms with E-state index in [-0.39, 0.29) is 29.2 Å². The number of phenolic OH excluding ortho intramolecular Hbond substituents is 1. The Hall–Kier alpha value is -2.22. The van der Waals surface area contributed by atoms with E-state index in [1.165, 1.54) is 19.1 Å². The van der Waals surface area contributed by atoms with Crippen LogP contribution in [0.3, 0.4) is 0 Å². The molecule has 7 nitrogen and oxygen atoms in total. The molecule has 1 saturated heterocycles. The van der Waals surface area contributed by atoms with Crippen molar-refractivity contribution < 1.29 is 34.8 Å². The van der Waals surface area contributed by atoms with E-state index in [2.05, 4.69) is 0 Å². The Morgan fingerprint density at radius 3 is 2.54 bits per heavy atom. The molecule has 4 N–H and O–H groups in total. The number of ketones is 1. The Morgan fingerprint density at radius 1 is 1.21 bits per heavy atom. The van der Waals surface area contributed by atoms with Crippen LogP contribution in [0.1, 0.15) is 50.8 Å². The number of rotatable bonds is 3. The van der Waals surface area contributed by atoms with Crippen LogP contribution in [0.2, 0.25) is 0 Å². The molecule has 1 saturated carbocycles. The van der Waals surface area contributed by atoms with Crippen molar-refractivity contribution in [2.24, 2.45) is 11.8 Å². The highest BCUT2D eigenvalue weighted by molar-refractivity contribution is 6.12. The normalized spacial score (nSPS) is 38.8. The first kappa shape index (κ1) is 19.1. The van der Waals surface area contributed by atoms with E-state index in [4.69, 9.17) is 4.74 Å². The lowest BCUT2D eigenvalue weighted by molar-refractivity contribution is -0.221. The van der Waals surface area contributed by atoms with Gasteiger partial charge in [0.1, 0.15) is 11.9 Å². The third kappa shape index (κ3) is 1.89. The number of phenols is 1. The zero-order valence-electron chi connectivity index (χ0n) is 16.0. The summed E-state index contributed by atoms with van der Waals surface area (Å²) in [6, 6.07) is 4.54. The highest BCUT2D eigenvalue weighted by Crippen LogP contribution is 2.64. The molecule has 1 spiro atoms. The molecule has 3 aliphatic rings. The van der Waals surface area contributed by atoms with E-state index >= 15 is 0 Å². The van der Waals surface area contributed by atoms with E-state index in [1.807, 2.05) is 13.8 Å². The summed E-state index contributed by atoms with van der Waals surface area (Å²) in [6.45, 7) is 5.22. The number of carbonyl (C=O) groups is 2. The quantitative estimate of drug-likeness (QED) is 0.574. The molecule has 2 bridgehead atoms. The Bertz CT molecular complexity index is 919. The van der Waals surface area contributed by atoms with Crippen LogP contribution in [0.15, 0.2) is 23.8 Å². The summed E-state index contributed by atoms with van der Waals surface area (Å²) < 4.78 is 5.50. The van der Waals surface area contributed by atoms with Gasteiger partial charge in [-0.25, -0.2) is 4.79 Å². The first-order valence-corrected chi connectivity index (χ1v) is 9.47. The Balaban J connectivity index is 2.04. The zero-order chi connectivity index (χ0) is 20.6. The average molecular weight is 388 g/mol. The maximum Gasteiger partial charge on any atom is 0.343 e. The number of ether oxygens (including phenoxy) is 1. The third-order valence-electron chi connectivity index (χ3n) is 6.65. The van der Waals surface area contributed by atoms with Gasteiger partial charge in [-0.2, -0.15) is 0 Å². The van der Waals surface area contributed by atoms with E-state index in [0.717, 1.165) is 0 Å². The second-order valence-corrected chi connectivity index (χ2v) is 8.51. The topological polar surface area (TPSA) is 124 Å². The highest BCUT2D eigenvalue weighted by Gasteiger charge is 2.84. The van der Waals surface area contributed by atoms with Crippen LogP contribution >= 0.6 is 0 Å². The summed E-state index contributed by atoms with van der Waals surface area (Å²) in [5.41, 5.74) is -6.52. The molecule has 2 fully saturated rings. The van der Waals surface area contributed by atoms with Gasteiger partial charge in [0.05, 0.1) is 5.92 Å². The minimum atomic E-state index is -2.49. The highest BCUT2D eigenvalue weighted by atomic mass is 16.6. The molecule has 0 amide bonds. The van der Waals surface area contributed by atoms with Crippen LogP contribution in [0.25, 0.3) is 6.08 Å². The zero-order valence-corrected chi connectivity index (χ0v) is 16.0. The molecule has 0 aromatic heterocycles. The van der Waals surface area contributed by atoms with Crippen LogP contribution in [0.4, 0.5) is 0 Å². The van der Waals surface area contributed by atoms with Crippen molar-refractivity contribution in [2.45, 2.75) is 56.5 Å². The second-order valence-electron chi connectivity index (χ2n) is 8.51. The minimum absolute atomic E-state index is 0.0497. The lowest BCUT2D eigenvalue weighted by Crippen LogP contribution is -2.73. The maximum atomic E-state index is 13.1.